The van der Waals surface area contributed by atoms with Crippen LogP contribution in [0.25, 0.3) is 0 Å². The SMILES string of the molecule is C=CCC1(CC=C)N=C(OC)[C@](C)(C(C)(C)C)OC1=O. The van der Waals surface area contributed by atoms with Crippen LogP contribution in [0, 0.1) is 5.41 Å². The normalized spacial score (nSPS) is 25.4. The van der Waals surface area contributed by atoms with Crippen molar-refractivity contribution in [2.75, 3.05) is 7.11 Å². The fourth-order valence-electron chi connectivity index (χ4n) is 2.20. The first kappa shape index (κ1) is 16.5. The third-order valence-corrected chi connectivity index (χ3v) is 3.99. The lowest BCUT2D eigenvalue weighted by atomic mass is 9.75. The van der Waals surface area contributed by atoms with E-state index in [0.717, 1.165) is 0 Å². The van der Waals surface area contributed by atoms with Crippen molar-refractivity contribution in [3.05, 3.63) is 25.3 Å². The molecule has 1 aliphatic rings. The summed E-state index contributed by atoms with van der Waals surface area (Å²) in [6.45, 7) is 15.2. The van der Waals surface area contributed by atoms with Crippen LogP contribution in [0.15, 0.2) is 30.3 Å². The molecule has 0 amide bonds. The lowest BCUT2D eigenvalue weighted by molar-refractivity contribution is -0.171. The summed E-state index contributed by atoms with van der Waals surface area (Å²) in [5, 5.41) is 0. The van der Waals surface area contributed by atoms with Crippen LogP contribution in [0.3, 0.4) is 0 Å². The van der Waals surface area contributed by atoms with Crippen molar-refractivity contribution in [2.45, 2.75) is 51.7 Å². The summed E-state index contributed by atoms with van der Waals surface area (Å²) in [5.41, 5.74) is -2.21. The highest BCUT2D eigenvalue weighted by Gasteiger charge is 2.55. The van der Waals surface area contributed by atoms with Gasteiger partial charge in [0.05, 0.1) is 7.11 Å². The number of aliphatic imine (C=N–C) groups is 1. The number of ether oxygens (including phenoxy) is 2. The van der Waals surface area contributed by atoms with Gasteiger partial charge >= 0.3 is 5.97 Å². The van der Waals surface area contributed by atoms with Crippen LogP contribution in [0.5, 0.6) is 0 Å². The molecule has 0 radical (unpaired) electrons. The van der Waals surface area contributed by atoms with Gasteiger partial charge in [-0.25, -0.2) is 9.79 Å². The Morgan fingerprint density at radius 1 is 1.30 bits per heavy atom. The molecule has 0 N–H and O–H groups in total. The molecule has 0 spiro atoms. The average molecular weight is 279 g/mol. The van der Waals surface area contributed by atoms with Crippen molar-refractivity contribution in [3.8, 4) is 0 Å². The average Bonchev–Trinajstić information content (AvgIpc) is 2.33. The molecule has 0 saturated heterocycles. The van der Waals surface area contributed by atoms with Crippen LogP contribution in [-0.4, -0.2) is 30.1 Å². The van der Waals surface area contributed by atoms with Gasteiger partial charge in [0.15, 0.2) is 11.1 Å². The third-order valence-electron chi connectivity index (χ3n) is 3.99. The summed E-state index contributed by atoms with van der Waals surface area (Å²) in [6.07, 6.45) is 4.12. The van der Waals surface area contributed by atoms with Gasteiger partial charge in [-0.3, -0.25) is 0 Å². The summed E-state index contributed by atoms with van der Waals surface area (Å²) in [6, 6.07) is 0. The summed E-state index contributed by atoms with van der Waals surface area (Å²) < 4.78 is 11.2. The molecule has 0 bridgehead atoms. The monoisotopic (exact) mass is 279 g/mol. The molecule has 0 aromatic heterocycles. The Morgan fingerprint density at radius 3 is 2.15 bits per heavy atom. The van der Waals surface area contributed by atoms with Crippen molar-refractivity contribution in [1.82, 2.24) is 0 Å². The second kappa shape index (κ2) is 5.43. The van der Waals surface area contributed by atoms with E-state index in [1.807, 2.05) is 27.7 Å². The molecule has 0 saturated carbocycles. The van der Waals surface area contributed by atoms with Gasteiger partial charge in [0, 0.05) is 18.3 Å². The quantitative estimate of drug-likeness (QED) is 0.586. The molecule has 4 heteroatoms. The molecular weight excluding hydrogens is 254 g/mol. The number of esters is 1. The van der Waals surface area contributed by atoms with Gasteiger partial charge in [-0.1, -0.05) is 32.9 Å². The topological polar surface area (TPSA) is 47.9 Å². The highest BCUT2D eigenvalue weighted by atomic mass is 16.6. The van der Waals surface area contributed by atoms with E-state index in [9.17, 15) is 4.79 Å². The highest BCUT2D eigenvalue weighted by Crippen LogP contribution is 2.42. The van der Waals surface area contributed by atoms with Crippen molar-refractivity contribution in [1.29, 1.82) is 0 Å². The maximum Gasteiger partial charge on any atom is 0.335 e. The van der Waals surface area contributed by atoms with Gasteiger partial charge in [0.2, 0.25) is 5.90 Å². The van der Waals surface area contributed by atoms with Gasteiger partial charge in [0.25, 0.3) is 0 Å². The Morgan fingerprint density at radius 2 is 1.80 bits per heavy atom. The van der Waals surface area contributed by atoms with E-state index in [0.29, 0.717) is 18.7 Å². The largest absolute Gasteiger partial charge is 0.481 e. The van der Waals surface area contributed by atoms with Gasteiger partial charge < -0.3 is 9.47 Å². The van der Waals surface area contributed by atoms with Gasteiger partial charge in [-0.15, -0.1) is 13.2 Å². The number of carbonyl (C=O) groups excluding carboxylic acids is 1. The number of nitrogens with zero attached hydrogens (tertiary/aromatic N) is 1. The van der Waals surface area contributed by atoms with E-state index < -0.39 is 11.1 Å². The van der Waals surface area contributed by atoms with E-state index in [4.69, 9.17) is 9.47 Å². The molecule has 112 valence electrons. The van der Waals surface area contributed by atoms with E-state index in [1.165, 1.54) is 0 Å². The lowest BCUT2D eigenvalue weighted by Crippen LogP contribution is -2.59. The standard InChI is InChI=1S/C16H25NO3/c1-8-10-16(11-9-2)13(18)20-15(6,14(3,4)5)12(17-16)19-7/h8-9H,1-2,10-11H2,3-7H3/t15-/m1/s1. The molecule has 20 heavy (non-hydrogen) atoms. The zero-order chi connectivity index (χ0) is 15.6. The summed E-state index contributed by atoms with van der Waals surface area (Å²) in [4.78, 5) is 17.1. The van der Waals surface area contributed by atoms with Crippen LogP contribution < -0.4 is 0 Å². The Labute approximate surface area is 121 Å². The number of hydrogen-bond donors (Lipinski definition) is 0. The van der Waals surface area contributed by atoms with Crippen molar-refractivity contribution in [3.63, 3.8) is 0 Å². The minimum Gasteiger partial charge on any atom is -0.481 e. The number of hydrogen-bond acceptors (Lipinski definition) is 4. The summed E-state index contributed by atoms with van der Waals surface area (Å²) in [7, 11) is 1.55. The minimum atomic E-state index is -1.00. The van der Waals surface area contributed by atoms with Gasteiger partial charge in [-0.05, 0) is 6.92 Å². The number of carbonyl (C=O) groups is 1. The first-order valence-corrected chi connectivity index (χ1v) is 6.76. The Bertz CT molecular complexity index is 435. The maximum atomic E-state index is 12.5. The number of cyclic esters (lactones) is 1. The zero-order valence-corrected chi connectivity index (χ0v) is 13.2. The summed E-state index contributed by atoms with van der Waals surface area (Å²) >= 11 is 0. The molecule has 0 fully saturated rings. The molecule has 0 aliphatic carbocycles. The first-order chi connectivity index (χ1) is 9.16. The molecule has 1 aliphatic heterocycles. The second-order valence-corrected chi connectivity index (χ2v) is 6.31. The predicted octanol–water partition coefficient (Wildman–Crippen LogP) is 3.28. The number of rotatable bonds is 4. The molecular formula is C16H25NO3. The Hall–Kier alpha value is -1.58. The van der Waals surface area contributed by atoms with Crippen LogP contribution in [-0.2, 0) is 14.3 Å². The maximum absolute atomic E-state index is 12.5. The van der Waals surface area contributed by atoms with Crippen LogP contribution in [0.4, 0.5) is 0 Å². The molecule has 0 aromatic carbocycles. The van der Waals surface area contributed by atoms with E-state index in [-0.39, 0.29) is 11.4 Å². The van der Waals surface area contributed by atoms with Crippen LogP contribution in [0.2, 0.25) is 0 Å². The molecule has 0 unspecified atom stereocenters. The molecule has 1 rings (SSSR count). The summed E-state index contributed by atoms with van der Waals surface area (Å²) in [5.74, 6) is 0.0869. The van der Waals surface area contributed by atoms with E-state index in [2.05, 4.69) is 18.2 Å². The fourth-order valence-corrected chi connectivity index (χ4v) is 2.20. The van der Waals surface area contributed by atoms with Gasteiger partial charge in [-0.2, -0.15) is 0 Å². The smallest absolute Gasteiger partial charge is 0.335 e. The van der Waals surface area contributed by atoms with Crippen LogP contribution in [0.1, 0.15) is 40.5 Å². The Kier molecular flexibility index (Phi) is 4.47. The predicted molar refractivity (Wildman–Crippen MR) is 80.8 cm³/mol. The number of methoxy groups -OCH3 is 1. The van der Waals surface area contributed by atoms with Gasteiger partial charge in [0.1, 0.15) is 0 Å². The lowest BCUT2D eigenvalue weighted by Gasteiger charge is -2.46. The molecule has 1 heterocycles. The Balaban J connectivity index is 3.42. The van der Waals surface area contributed by atoms with Crippen molar-refractivity contribution >= 4 is 11.9 Å². The zero-order valence-electron chi connectivity index (χ0n) is 13.2. The van der Waals surface area contributed by atoms with Crippen molar-refractivity contribution in [2.24, 2.45) is 10.4 Å². The first-order valence-electron chi connectivity index (χ1n) is 6.76. The molecule has 1 atom stereocenters. The minimum absolute atomic E-state index is 0.327. The molecule has 0 aromatic rings. The van der Waals surface area contributed by atoms with E-state index in [1.54, 1.807) is 19.3 Å². The van der Waals surface area contributed by atoms with E-state index >= 15 is 0 Å². The molecule has 4 nitrogen and oxygen atoms in total. The van der Waals surface area contributed by atoms with Crippen molar-refractivity contribution < 1.29 is 14.3 Å². The fraction of sp³-hybridized carbons (Fsp3) is 0.625. The second-order valence-electron chi connectivity index (χ2n) is 6.31. The third kappa shape index (κ3) is 2.51. The highest BCUT2D eigenvalue weighted by molar-refractivity contribution is 5.96. The van der Waals surface area contributed by atoms with Crippen LogP contribution >= 0.6 is 0 Å².